The molecular weight excluding hydrogens is 395 g/mol. The van der Waals surface area contributed by atoms with Gasteiger partial charge in [0, 0.05) is 25.8 Å². The lowest BCUT2D eigenvalue weighted by atomic mass is 10.1. The van der Waals surface area contributed by atoms with Crippen LogP contribution in [0.1, 0.15) is 26.5 Å². The van der Waals surface area contributed by atoms with Gasteiger partial charge in [0.05, 0.1) is 6.33 Å². The Labute approximate surface area is 170 Å². The van der Waals surface area contributed by atoms with Crippen LogP contribution in [-0.2, 0) is 23.8 Å². The van der Waals surface area contributed by atoms with Crippen molar-refractivity contribution in [3.05, 3.63) is 42.7 Å². The number of hydrogen-bond acceptors (Lipinski definition) is 8. The molecule has 0 bridgehead atoms. The average Bonchev–Trinajstić information content (AvgIpc) is 3.30. The summed E-state index contributed by atoms with van der Waals surface area (Å²) in [5, 5.41) is 0. The third-order valence-electron chi connectivity index (χ3n) is 4.74. The molecule has 3 heterocycles. The van der Waals surface area contributed by atoms with Crippen LogP contribution in [0.4, 0.5) is 4.39 Å². The van der Waals surface area contributed by atoms with Crippen molar-refractivity contribution in [3.8, 4) is 11.3 Å². The van der Waals surface area contributed by atoms with Crippen LogP contribution in [0.15, 0.2) is 36.9 Å². The lowest BCUT2D eigenvalue weighted by Gasteiger charge is -2.17. The van der Waals surface area contributed by atoms with Crippen LogP contribution in [-0.4, -0.2) is 50.3 Å². The lowest BCUT2D eigenvalue weighted by molar-refractivity contribution is -0.155. The van der Waals surface area contributed by atoms with Gasteiger partial charge in [0.25, 0.3) is 0 Å². The van der Waals surface area contributed by atoms with Gasteiger partial charge >= 0.3 is 11.9 Å². The molecule has 156 valence electrons. The summed E-state index contributed by atoms with van der Waals surface area (Å²) in [5.41, 5.74) is 2.31. The van der Waals surface area contributed by atoms with Gasteiger partial charge in [0.1, 0.15) is 48.4 Å². The minimum absolute atomic E-state index is 0.0355. The van der Waals surface area contributed by atoms with E-state index in [0.29, 0.717) is 28.8 Å². The zero-order valence-electron chi connectivity index (χ0n) is 16.3. The smallest absolute Gasteiger partial charge is 0.303 e. The fourth-order valence-corrected chi connectivity index (χ4v) is 3.44. The van der Waals surface area contributed by atoms with Crippen molar-refractivity contribution >= 4 is 23.1 Å². The average molecular weight is 414 g/mol. The molecule has 1 fully saturated rings. The number of rotatable bonds is 5. The fraction of sp³-hybridized carbons (Fsp3) is 0.350. The van der Waals surface area contributed by atoms with Crippen LogP contribution < -0.4 is 0 Å². The van der Waals surface area contributed by atoms with Crippen molar-refractivity contribution in [1.29, 1.82) is 0 Å². The molecule has 1 aliphatic heterocycles. The zero-order valence-corrected chi connectivity index (χ0v) is 16.3. The third kappa shape index (κ3) is 3.99. The maximum absolute atomic E-state index is 13.3. The van der Waals surface area contributed by atoms with Gasteiger partial charge in [-0.1, -0.05) is 0 Å². The van der Waals surface area contributed by atoms with Crippen molar-refractivity contribution in [2.75, 3.05) is 6.61 Å². The van der Waals surface area contributed by atoms with Crippen LogP contribution in [0, 0.1) is 5.82 Å². The molecule has 1 saturated heterocycles. The Bertz CT molecular complexity index is 1080. The molecule has 0 saturated carbocycles. The van der Waals surface area contributed by atoms with Gasteiger partial charge < -0.3 is 14.2 Å². The van der Waals surface area contributed by atoms with Crippen LogP contribution >= 0.6 is 0 Å². The number of halogens is 1. The molecule has 3 aromatic rings. The maximum Gasteiger partial charge on any atom is 0.303 e. The second-order valence-corrected chi connectivity index (χ2v) is 6.87. The van der Waals surface area contributed by atoms with E-state index >= 15 is 0 Å². The number of ether oxygens (including phenoxy) is 3. The number of carbonyl (C=O) groups is 2. The normalized spacial score (nSPS) is 21.0. The molecule has 0 spiro atoms. The number of esters is 2. The Morgan fingerprint density at radius 2 is 1.93 bits per heavy atom. The first-order chi connectivity index (χ1) is 14.4. The third-order valence-corrected chi connectivity index (χ3v) is 4.74. The SMILES string of the molecule is CC(=O)OC[C@H]1O[C@@H](n2cnc3c(-c4ccc(F)cc4)ncnc32)C[C@@H]1OC(C)=O. The summed E-state index contributed by atoms with van der Waals surface area (Å²) >= 11 is 0. The van der Waals surface area contributed by atoms with E-state index in [2.05, 4.69) is 15.0 Å². The maximum atomic E-state index is 13.3. The van der Waals surface area contributed by atoms with E-state index in [-0.39, 0.29) is 12.4 Å². The molecule has 0 amide bonds. The first-order valence-corrected chi connectivity index (χ1v) is 9.32. The quantitative estimate of drug-likeness (QED) is 0.586. The standard InChI is InChI=1S/C20H19FN4O5/c1-11(26)28-8-16-15(29-12(2)27)7-17(30-16)25-10-24-19-18(22-9-23-20(19)25)13-3-5-14(21)6-4-13/h3-6,9-10,15-17H,7-8H2,1-2H3/t15-,16+,17+/m0/s1. The van der Waals surface area contributed by atoms with E-state index in [4.69, 9.17) is 14.2 Å². The molecule has 3 atom stereocenters. The Morgan fingerprint density at radius 1 is 1.17 bits per heavy atom. The topological polar surface area (TPSA) is 105 Å². The lowest BCUT2D eigenvalue weighted by Crippen LogP contribution is -2.31. The Kier molecular flexibility index (Phi) is 5.40. The first kappa shape index (κ1) is 19.9. The van der Waals surface area contributed by atoms with Crippen LogP contribution in [0.25, 0.3) is 22.4 Å². The van der Waals surface area contributed by atoms with Gasteiger partial charge in [-0.25, -0.2) is 19.3 Å². The minimum Gasteiger partial charge on any atom is -0.463 e. The summed E-state index contributed by atoms with van der Waals surface area (Å²) in [4.78, 5) is 35.7. The predicted molar refractivity (Wildman–Crippen MR) is 101 cm³/mol. The minimum atomic E-state index is -0.612. The first-order valence-electron chi connectivity index (χ1n) is 9.32. The van der Waals surface area contributed by atoms with Crippen molar-refractivity contribution < 1.29 is 28.2 Å². The molecule has 1 aliphatic rings. The molecule has 4 rings (SSSR count). The van der Waals surface area contributed by atoms with Gasteiger partial charge in [-0.3, -0.25) is 14.2 Å². The Balaban J connectivity index is 1.64. The van der Waals surface area contributed by atoms with Gasteiger partial charge in [0.15, 0.2) is 5.65 Å². The summed E-state index contributed by atoms with van der Waals surface area (Å²) in [6.07, 6.45) is 1.58. The highest BCUT2D eigenvalue weighted by atomic mass is 19.1. The Hall–Kier alpha value is -3.40. The molecule has 10 heteroatoms. The van der Waals surface area contributed by atoms with E-state index in [1.807, 2.05) is 0 Å². The molecule has 1 aromatic carbocycles. The number of hydrogen-bond donors (Lipinski definition) is 0. The zero-order chi connectivity index (χ0) is 21.3. The van der Waals surface area contributed by atoms with Crippen molar-refractivity contribution in [1.82, 2.24) is 19.5 Å². The van der Waals surface area contributed by atoms with Crippen molar-refractivity contribution in [2.45, 2.75) is 38.7 Å². The second-order valence-electron chi connectivity index (χ2n) is 6.87. The summed E-state index contributed by atoms with van der Waals surface area (Å²) in [5.74, 6) is -1.24. The second kappa shape index (κ2) is 8.15. The number of imidazole rings is 1. The van der Waals surface area contributed by atoms with Gasteiger partial charge in [0.2, 0.25) is 0 Å². The molecule has 0 radical (unpaired) electrons. The number of carbonyl (C=O) groups excluding carboxylic acids is 2. The number of aromatic nitrogens is 4. The number of fused-ring (bicyclic) bond motifs is 1. The molecule has 0 N–H and O–H groups in total. The van der Waals surface area contributed by atoms with E-state index in [1.165, 1.54) is 32.3 Å². The highest BCUT2D eigenvalue weighted by Gasteiger charge is 2.40. The van der Waals surface area contributed by atoms with E-state index in [9.17, 15) is 14.0 Å². The predicted octanol–water partition coefficient (Wildman–Crippen LogP) is 2.41. The highest BCUT2D eigenvalue weighted by molar-refractivity contribution is 5.87. The van der Waals surface area contributed by atoms with Crippen LogP contribution in [0.2, 0.25) is 0 Å². The molecule has 2 aromatic heterocycles. The van der Waals surface area contributed by atoms with Crippen LogP contribution in [0.3, 0.4) is 0 Å². The summed E-state index contributed by atoms with van der Waals surface area (Å²) in [6.45, 7) is 2.57. The van der Waals surface area contributed by atoms with Crippen LogP contribution in [0.5, 0.6) is 0 Å². The van der Waals surface area contributed by atoms with Crippen molar-refractivity contribution in [3.63, 3.8) is 0 Å². The molecule has 9 nitrogen and oxygen atoms in total. The Morgan fingerprint density at radius 3 is 2.63 bits per heavy atom. The summed E-state index contributed by atoms with van der Waals surface area (Å²) < 4.78 is 31.4. The molecule has 30 heavy (non-hydrogen) atoms. The molecular formula is C20H19FN4O5. The van der Waals surface area contributed by atoms with Crippen molar-refractivity contribution in [2.24, 2.45) is 0 Å². The molecule has 0 unspecified atom stereocenters. The number of benzene rings is 1. The summed E-state index contributed by atoms with van der Waals surface area (Å²) in [7, 11) is 0. The van der Waals surface area contributed by atoms with Gasteiger partial charge in [-0.05, 0) is 24.3 Å². The monoisotopic (exact) mass is 414 g/mol. The van der Waals surface area contributed by atoms with E-state index in [0.717, 1.165) is 0 Å². The fourth-order valence-electron chi connectivity index (χ4n) is 3.44. The summed E-state index contributed by atoms with van der Waals surface area (Å²) in [6, 6.07) is 5.94. The molecule has 0 aliphatic carbocycles. The highest BCUT2D eigenvalue weighted by Crippen LogP contribution is 2.34. The van der Waals surface area contributed by atoms with E-state index < -0.39 is 30.4 Å². The van der Waals surface area contributed by atoms with Gasteiger partial charge in [-0.15, -0.1) is 0 Å². The largest absolute Gasteiger partial charge is 0.463 e. The van der Waals surface area contributed by atoms with Gasteiger partial charge in [-0.2, -0.15) is 0 Å². The van der Waals surface area contributed by atoms with E-state index in [1.54, 1.807) is 23.0 Å². The number of nitrogens with zero attached hydrogens (tertiary/aromatic N) is 4.